The van der Waals surface area contributed by atoms with Crippen molar-refractivity contribution in [2.45, 2.75) is 52.0 Å². The molecule has 1 N–H and O–H groups in total. The van der Waals surface area contributed by atoms with Crippen molar-refractivity contribution in [1.29, 1.82) is 0 Å². The summed E-state index contributed by atoms with van der Waals surface area (Å²) in [5.74, 6) is 0. The summed E-state index contributed by atoms with van der Waals surface area (Å²) in [5, 5.41) is 3.61. The topological polar surface area (TPSA) is 12.0 Å². The minimum atomic E-state index is 0.696. The molecule has 1 nitrogen and oxygen atoms in total. The van der Waals surface area contributed by atoms with Gasteiger partial charge in [0.25, 0.3) is 0 Å². The van der Waals surface area contributed by atoms with Crippen LogP contribution in [0.1, 0.15) is 45.1 Å². The van der Waals surface area contributed by atoms with Crippen molar-refractivity contribution in [2.24, 2.45) is 0 Å². The molecule has 0 heterocycles. The number of hydrogen-bond acceptors (Lipinski definition) is 1. The van der Waals surface area contributed by atoms with E-state index in [1.165, 1.54) is 42.1 Å². The van der Waals surface area contributed by atoms with Crippen molar-refractivity contribution in [2.75, 3.05) is 6.54 Å². The van der Waals surface area contributed by atoms with Gasteiger partial charge in [-0.2, -0.15) is 0 Å². The fourth-order valence-corrected chi connectivity index (χ4v) is 2.49. The second kappa shape index (κ2) is 8.71. The van der Waals surface area contributed by atoms with Gasteiger partial charge in [-0.15, -0.1) is 0 Å². The van der Waals surface area contributed by atoms with Gasteiger partial charge in [0.05, 0.1) is 0 Å². The lowest BCUT2D eigenvalue weighted by Crippen LogP contribution is -2.29. The Kier molecular flexibility index (Phi) is 7.54. The maximum Gasteiger partial charge on any atom is 0.0177 e. The SMILES string of the molecule is CCCNC(CC)CCCc1cccc(Br)c1. The molecule has 0 aliphatic carbocycles. The molecular formula is C15H24BrN. The largest absolute Gasteiger partial charge is 0.314 e. The average molecular weight is 298 g/mol. The highest BCUT2D eigenvalue weighted by molar-refractivity contribution is 9.10. The van der Waals surface area contributed by atoms with Crippen LogP contribution in [0.5, 0.6) is 0 Å². The Morgan fingerprint density at radius 2 is 2.12 bits per heavy atom. The Morgan fingerprint density at radius 3 is 2.76 bits per heavy atom. The van der Waals surface area contributed by atoms with Gasteiger partial charge in [0.2, 0.25) is 0 Å². The Hall–Kier alpha value is -0.340. The fourth-order valence-electron chi connectivity index (χ4n) is 2.04. The molecule has 0 aliphatic heterocycles. The van der Waals surface area contributed by atoms with Crippen LogP contribution >= 0.6 is 15.9 Å². The zero-order valence-corrected chi connectivity index (χ0v) is 12.6. The van der Waals surface area contributed by atoms with E-state index in [2.05, 4.69) is 59.4 Å². The standard InChI is InChI=1S/C15H24BrN/c1-3-11-17-15(4-2)10-6-8-13-7-5-9-14(16)12-13/h5,7,9,12,15,17H,3-4,6,8,10-11H2,1-2H3. The maximum atomic E-state index is 3.61. The molecule has 0 fully saturated rings. The summed E-state index contributed by atoms with van der Waals surface area (Å²) in [6.45, 7) is 5.64. The van der Waals surface area contributed by atoms with Gasteiger partial charge in [-0.1, -0.05) is 41.9 Å². The molecule has 2 heteroatoms. The second-order valence-corrected chi connectivity index (χ2v) is 5.50. The molecule has 1 unspecified atom stereocenters. The molecule has 0 radical (unpaired) electrons. The van der Waals surface area contributed by atoms with Gasteiger partial charge in [0, 0.05) is 10.5 Å². The molecule has 0 spiro atoms. The molecule has 1 atom stereocenters. The monoisotopic (exact) mass is 297 g/mol. The predicted molar refractivity (Wildman–Crippen MR) is 79.5 cm³/mol. The maximum absolute atomic E-state index is 3.61. The van der Waals surface area contributed by atoms with Crippen molar-refractivity contribution < 1.29 is 0 Å². The predicted octanol–water partition coefficient (Wildman–Crippen LogP) is 4.55. The fraction of sp³-hybridized carbons (Fsp3) is 0.600. The summed E-state index contributed by atoms with van der Waals surface area (Å²) in [6.07, 6.45) is 6.19. The molecule has 0 aliphatic rings. The molecule has 0 saturated carbocycles. The van der Waals surface area contributed by atoms with Crippen LogP contribution in [0, 0.1) is 0 Å². The first-order valence-corrected chi connectivity index (χ1v) is 7.53. The van der Waals surface area contributed by atoms with Crippen molar-refractivity contribution in [3.8, 4) is 0 Å². The van der Waals surface area contributed by atoms with Crippen LogP contribution in [0.3, 0.4) is 0 Å². The molecular weight excluding hydrogens is 274 g/mol. The number of aryl methyl sites for hydroxylation is 1. The number of rotatable bonds is 8. The first kappa shape index (κ1) is 14.7. The zero-order valence-electron chi connectivity index (χ0n) is 11.0. The van der Waals surface area contributed by atoms with E-state index < -0.39 is 0 Å². The minimum absolute atomic E-state index is 0.696. The van der Waals surface area contributed by atoms with Gasteiger partial charge in [-0.05, 0) is 56.3 Å². The summed E-state index contributed by atoms with van der Waals surface area (Å²) in [5.41, 5.74) is 1.43. The Morgan fingerprint density at radius 1 is 1.29 bits per heavy atom. The Bertz CT molecular complexity index is 312. The number of benzene rings is 1. The summed E-state index contributed by atoms with van der Waals surface area (Å²) in [6, 6.07) is 9.33. The van der Waals surface area contributed by atoms with E-state index in [0.717, 1.165) is 6.54 Å². The molecule has 1 rings (SSSR count). The van der Waals surface area contributed by atoms with Crippen molar-refractivity contribution in [3.63, 3.8) is 0 Å². The minimum Gasteiger partial charge on any atom is -0.314 e. The Labute approximate surface area is 114 Å². The van der Waals surface area contributed by atoms with E-state index in [1.807, 2.05) is 0 Å². The number of halogens is 1. The molecule has 1 aromatic rings. The molecule has 0 amide bonds. The van der Waals surface area contributed by atoms with Crippen LogP contribution in [-0.4, -0.2) is 12.6 Å². The molecule has 96 valence electrons. The van der Waals surface area contributed by atoms with E-state index in [4.69, 9.17) is 0 Å². The van der Waals surface area contributed by atoms with Crippen molar-refractivity contribution >= 4 is 15.9 Å². The zero-order chi connectivity index (χ0) is 12.5. The first-order chi connectivity index (χ1) is 8.26. The van der Waals surface area contributed by atoms with Crippen LogP contribution in [0.25, 0.3) is 0 Å². The molecule has 0 aromatic heterocycles. The highest BCUT2D eigenvalue weighted by Crippen LogP contribution is 2.14. The summed E-state index contributed by atoms with van der Waals surface area (Å²) >= 11 is 3.52. The lowest BCUT2D eigenvalue weighted by molar-refractivity contribution is 0.456. The van der Waals surface area contributed by atoms with Crippen molar-refractivity contribution in [1.82, 2.24) is 5.32 Å². The van der Waals surface area contributed by atoms with Crippen molar-refractivity contribution in [3.05, 3.63) is 34.3 Å². The van der Waals surface area contributed by atoms with Gasteiger partial charge in [0.1, 0.15) is 0 Å². The summed E-state index contributed by atoms with van der Waals surface area (Å²) in [4.78, 5) is 0. The second-order valence-electron chi connectivity index (χ2n) is 4.58. The van der Waals surface area contributed by atoms with Gasteiger partial charge < -0.3 is 5.32 Å². The third kappa shape index (κ3) is 6.23. The molecule has 17 heavy (non-hydrogen) atoms. The molecule has 0 saturated heterocycles. The van der Waals surface area contributed by atoms with Crippen LogP contribution in [0.4, 0.5) is 0 Å². The van der Waals surface area contributed by atoms with E-state index in [0.29, 0.717) is 6.04 Å². The lowest BCUT2D eigenvalue weighted by atomic mass is 10.0. The van der Waals surface area contributed by atoms with E-state index >= 15 is 0 Å². The highest BCUT2D eigenvalue weighted by atomic mass is 79.9. The van der Waals surface area contributed by atoms with Crippen LogP contribution in [0.15, 0.2) is 28.7 Å². The first-order valence-electron chi connectivity index (χ1n) is 6.74. The summed E-state index contributed by atoms with van der Waals surface area (Å²) < 4.78 is 1.19. The third-order valence-electron chi connectivity index (χ3n) is 3.08. The number of hydrogen-bond donors (Lipinski definition) is 1. The average Bonchev–Trinajstić information content (AvgIpc) is 2.33. The van der Waals surface area contributed by atoms with Gasteiger partial charge in [-0.25, -0.2) is 0 Å². The van der Waals surface area contributed by atoms with Crippen LogP contribution < -0.4 is 5.32 Å². The van der Waals surface area contributed by atoms with Gasteiger partial charge >= 0.3 is 0 Å². The Balaban J connectivity index is 2.26. The quantitative estimate of drug-likeness (QED) is 0.742. The third-order valence-corrected chi connectivity index (χ3v) is 3.58. The van der Waals surface area contributed by atoms with E-state index in [1.54, 1.807) is 0 Å². The van der Waals surface area contributed by atoms with E-state index in [9.17, 15) is 0 Å². The van der Waals surface area contributed by atoms with Crippen LogP contribution in [0.2, 0.25) is 0 Å². The number of nitrogens with one attached hydrogen (secondary N) is 1. The normalized spacial score (nSPS) is 12.6. The van der Waals surface area contributed by atoms with Gasteiger partial charge in [-0.3, -0.25) is 0 Å². The smallest absolute Gasteiger partial charge is 0.0177 e. The molecule has 0 bridgehead atoms. The van der Waals surface area contributed by atoms with Crippen LogP contribution in [-0.2, 0) is 6.42 Å². The summed E-state index contributed by atoms with van der Waals surface area (Å²) in [7, 11) is 0. The highest BCUT2D eigenvalue weighted by Gasteiger charge is 2.04. The lowest BCUT2D eigenvalue weighted by Gasteiger charge is -2.16. The van der Waals surface area contributed by atoms with Gasteiger partial charge in [0.15, 0.2) is 0 Å². The van der Waals surface area contributed by atoms with E-state index in [-0.39, 0.29) is 0 Å². The molecule has 1 aromatic carbocycles.